The van der Waals surface area contributed by atoms with Gasteiger partial charge in [-0.3, -0.25) is 4.52 Å². The van der Waals surface area contributed by atoms with Crippen molar-refractivity contribution in [1.82, 2.24) is 3.11 Å². The maximum Gasteiger partial charge on any atom is 0.469 e. The van der Waals surface area contributed by atoms with Crippen molar-refractivity contribution in [2.24, 2.45) is 0 Å². The summed E-state index contributed by atoms with van der Waals surface area (Å²) in [5.41, 5.74) is 0. The highest BCUT2D eigenvalue weighted by Crippen LogP contribution is 2.35. The fraction of sp³-hybridized carbons (Fsp3) is 0.600. The summed E-state index contributed by atoms with van der Waals surface area (Å²) in [6, 6.07) is 0. The standard InChI is InChI=1S/C5H9INO4P/c1-2-3-7(6)4-5-11-12(8,9)10/h1H,3-5H2,(H2,8,9,10). The van der Waals surface area contributed by atoms with Crippen LogP contribution in [0.4, 0.5) is 0 Å². The molecule has 0 spiro atoms. The minimum Gasteiger partial charge on any atom is -0.303 e. The van der Waals surface area contributed by atoms with E-state index >= 15 is 0 Å². The molecular weight excluding hydrogens is 296 g/mol. The predicted octanol–water partition coefficient (Wildman–Crippen LogP) is 0.381. The summed E-state index contributed by atoms with van der Waals surface area (Å²) < 4.78 is 16.1. The zero-order chi connectivity index (χ0) is 9.61. The van der Waals surface area contributed by atoms with Crippen LogP contribution in [-0.2, 0) is 9.09 Å². The van der Waals surface area contributed by atoms with Crippen molar-refractivity contribution in [2.75, 3.05) is 19.7 Å². The number of terminal acetylenes is 1. The summed E-state index contributed by atoms with van der Waals surface area (Å²) in [4.78, 5) is 16.6. The molecule has 5 nitrogen and oxygen atoms in total. The largest absolute Gasteiger partial charge is 0.469 e. The summed E-state index contributed by atoms with van der Waals surface area (Å²) in [6.45, 7) is 0.774. The third kappa shape index (κ3) is 8.46. The van der Waals surface area contributed by atoms with Crippen LogP contribution < -0.4 is 0 Å². The SMILES string of the molecule is C#CCN(I)CCOP(=O)(O)O. The predicted molar refractivity (Wildman–Crippen MR) is 52.4 cm³/mol. The van der Waals surface area contributed by atoms with Crippen LogP contribution in [0.2, 0.25) is 0 Å². The lowest BCUT2D eigenvalue weighted by Gasteiger charge is -2.10. The van der Waals surface area contributed by atoms with E-state index in [0.29, 0.717) is 13.1 Å². The average molecular weight is 305 g/mol. The van der Waals surface area contributed by atoms with Crippen LogP contribution >= 0.6 is 30.7 Å². The number of rotatable bonds is 5. The average Bonchev–Trinajstić information content (AvgIpc) is 1.84. The molecule has 0 aliphatic heterocycles. The van der Waals surface area contributed by atoms with Crippen molar-refractivity contribution in [2.45, 2.75) is 0 Å². The van der Waals surface area contributed by atoms with Gasteiger partial charge in [-0.15, -0.1) is 6.42 Å². The Morgan fingerprint density at radius 1 is 1.67 bits per heavy atom. The van der Waals surface area contributed by atoms with Gasteiger partial charge in [0.2, 0.25) is 0 Å². The molecule has 0 saturated heterocycles. The maximum atomic E-state index is 10.2. The molecule has 0 radical (unpaired) electrons. The smallest absolute Gasteiger partial charge is 0.303 e. The van der Waals surface area contributed by atoms with E-state index in [1.54, 1.807) is 3.11 Å². The van der Waals surface area contributed by atoms with Gasteiger partial charge in [0.05, 0.1) is 13.2 Å². The van der Waals surface area contributed by atoms with Gasteiger partial charge in [0.25, 0.3) is 0 Å². The van der Waals surface area contributed by atoms with E-state index in [2.05, 4.69) is 10.4 Å². The van der Waals surface area contributed by atoms with Crippen molar-refractivity contribution in [1.29, 1.82) is 0 Å². The summed E-state index contributed by atoms with van der Waals surface area (Å²) >= 11 is 1.95. The van der Waals surface area contributed by atoms with Gasteiger partial charge >= 0.3 is 7.82 Å². The van der Waals surface area contributed by atoms with Crippen LogP contribution in [0.25, 0.3) is 0 Å². The lowest BCUT2D eigenvalue weighted by Crippen LogP contribution is -2.16. The van der Waals surface area contributed by atoms with E-state index in [4.69, 9.17) is 16.2 Å². The number of halogens is 1. The Morgan fingerprint density at radius 3 is 2.67 bits per heavy atom. The quantitative estimate of drug-likeness (QED) is 0.333. The minimum absolute atomic E-state index is 0.0328. The molecule has 0 saturated carbocycles. The molecular formula is C5H9INO4P. The van der Waals surface area contributed by atoms with Gasteiger partial charge in [-0.05, 0) is 0 Å². The molecule has 0 aliphatic rings. The number of hydrogen-bond acceptors (Lipinski definition) is 3. The monoisotopic (exact) mass is 305 g/mol. The maximum absolute atomic E-state index is 10.2. The minimum atomic E-state index is -4.32. The second-order valence-electron chi connectivity index (χ2n) is 1.87. The zero-order valence-corrected chi connectivity index (χ0v) is 9.23. The first-order valence-electron chi connectivity index (χ1n) is 3.00. The van der Waals surface area contributed by atoms with Gasteiger partial charge in [-0.25, -0.2) is 7.68 Å². The molecule has 12 heavy (non-hydrogen) atoms. The molecule has 2 N–H and O–H groups in total. The van der Waals surface area contributed by atoms with Crippen molar-refractivity contribution in [3.05, 3.63) is 0 Å². The van der Waals surface area contributed by atoms with Crippen molar-refractivity contribution in [3.8, 4) is 12.3 Å². The van der Waals surface area contributed by atoms with Gasteiger partial charge in [0.1, 0.15) is 0 Å². The number of phosphoric acid groups is 1. The summed E-state index contributed by atoms with van der Waals surface area (Å²) in [7, 11) is -4.32. The first kappa shape index (κ1) is 12.4. The second kappa shape index (κ2) is 5.91. The fourth-order valence-corrected chi connectivity index (χ4v) is 1.15. The molecule has 0 unspecified atom stereocenters. The molecule has 0 heterocycles. The molecule has 0 atom stereocenters. The van der Waals surface area contributed by atoms with Gasteiger partial charge in [-0.1, -0.05) is 5.92 Å². The van der Waals surface area contributed by atoms with E-state index in [-0.39, 0.29) is 6.61 Å². The van der Waals surface area contributed by atoms with E-state index in [1.165, 1.54) is 0 Å². The van der Waals surface area contributed by atoms with Crippen LogP contribution in [0, 0.1) is 12.3 Å². The molecule has 70 valence electrons. The van der Waals surface area contributed by atoms with Crippen molar-refractivity contribution >= 4 is 30.7 Å². The van der Waals surface area contributed by atoms with Crippen molar-refractivity contribution < 1.29 is 18.9 Å². The first-order chi connectivity index (χ1) is 5.45. The van der Waals surface area contributed by atoms with Gasteiger partial charge in [0.15, 0.2) is 0 Å². The van der Waals surface area contributed by atoms with Gasteiger partial charge in [0, 0.05) is 29.4 Å². The Morgan fingerprint density at radius 2 is 2.25 bits per heavy atom. The Kier molecular flexibility index (Phi) is 6.09. The highest BCUT2D eigenvalue weighted by atomic mass is 127. The molecule has 0 amide bonds. The highest BCUT2D eigenvalue weighted by molar-refractivity contribution is 14.1. The summed E-state index contributed by atoms with van der Waals surface area (Å²) in [5.74, 6) is 2.38. The van der Waals surface area contributed by atoms with E-state index in [0.717, 1.165) is 0 Å². The number of phosphoric ester groups is 1. The molecule has 0 rings (SSSR count). The summed E-state index contributed by atoms with van der Waals surface area (Å²) in [6.07, 6.45) is 5.00. The van der Waals surface area contributed by atoms with Crippen LogP contribution in [0.15, 0.2) is 0 Å². The van der Waals surface area contributed by atoms with Crippen LogP contribution in [0.5, 0.6) is 0 Å². The lowest BCUT2D eigenvalue weighted by molar-refractivity contribution is 0.191. The second-order valence-corrected chi connectivity index (χ2v) is 4.48. The fourth-order valence-electron chi connectivity index (χ4n) is 0.437. The Bertz CT molecular complexity index is 210. The van der Waals surface area contributed by atoms with E-state index < -0.39 is 7.82 Å². The number of nitrogens with zero attached hydrogens (tertiary/aromatic N) is 1. The third-order valence-corrected chi connectivity index (χ3v) is 2.20. The molecule has 7 heteroatoms. The topological polar surface area (TPSA) is 70.0 Å². The molecule has 0 aromatic heterocycles. The molecule has 0 aromatic carbocycles. The molecule has 0 fully saturated rings. The third-order valence-electron chi connectivity index (χ3n) is 0.856. The molecule has 0 aromatic rings. The van der Waals surface area contributed by atoms with Gasteiger partial charge < -0.3 is 9.79 Å². The Balaban J connectivity index is 3.45. The molecule has 0 aliphatic carbocycles. The first-order valence-corrected chi connectivity index (χ1v) is 5.49. The highest BCUT2D eigenvalue weighted by Gasteiger charge is 2.13. The number of hydrogen-bond donors (Lipinski definition) is 2. The Labute approximate surface area is 84.8 Å². The van der Waals surface area contributed by atoms with Crippen molar-refractivity contribution in [3.63, 3.8) is 0 Å². The Hall–Kier alpha value is 0.360. The van der Waals surface area contributed by atoms with Crippen LogP contribution in [0.3, 0.4) is 0 Å². The molecule has 0 bridgehead atoms. The van der Waals surface area contributed by atoms with Crippen LogP contribution in [-0.4, -0.2) is 32.6 Å². The van der Waals surface area contributed by atoms with Gasteiger partial charge in [-0.2, -0.15) is 0 Å². The summed E-state index contributed by atoms with van der Waals surface area (Å²) in [5, 5.41) is 0. The lowest BCUT2D eigenvalue weighted by atomic mass is 10.6. The van der Waals surface area contributed by atoms with Crippen LogP contribution in [0.1, 0.15) is 0 Å². The zero-order valence-electron chi connectivity index (χ0n) is 6.18. The van der Waals surface area contributed by atoms with E-state index in [9.17, 15) is 4.57 Å². The van der Waals surface area contributed by atoms with E-state index in [1.807, 2.05) is 22.9 Å². The normalized spacial score (nSPS) is 11.6.